The lowest BCUT2D eigenvalue weighted by Crippen LogP contribution is -2.41. The average Bonchev–Trinajstić information content (AvgIpc) is 2.72. The van der Waals surface area contributed by atoms with E-state index in [1.54, 1.807) is 14.2 Å². The molecule has 1 heterocycles. The monoisotopic (exact) mass is 444 g/mol. The summed E-state index contributed by atoms with van der Waals surface area (Å²) in [6.45, 7) is 4.56. The van der Waals surface area contributed by atoms with Gasteiger partial charge in [0.05, 0.1) is 13.2 Å². The number of benzene rings is 1. The van der Waals surface area contributed by atoms with Crippen molar-refractivity contribution in [2.45, 2.75) is 38.9 Å². The van der Waals surface area contributed by atoms with Crippen LogP contribution < -0.4 is 15.4 Å². The summed E-state index contributed by atoms with van der Waals surface area (Å²) in [6.07, 6.45) is -1.60. The number of halogens is 3. The van der Waals surface area contributed by atoms with Crippen molar-refractivity contribution in [3.05, 3.63) is 29.3 Å². The number of likely N-dealkylation sites (tertiary alicyclic amines) is 1. The second-order valence-electron chi connectivity index (χ2n) is 7.93. The van der Waals surface area contributed by atoms with Gasteiger partial charge in [0.2, 0.25) is 0 Å². The van der Waals surface area contributed by atoms with Crippen LogP contribution in [0.3, 0.4) is 0 Å². The molecule has 0 aliphatic carbocycles. The Hall–Kier alpha value is -2.00. The molecule has 1 saturated heterocycles. The maximum absolute atomic E-state index is 12.5. The van der Waals surface area contributed by atoms with Crippen molar-refractivity contribution < 1.29 is 22.6 Å². The van der Waals surface area contributed by atoms with Crippen LogP contribution in [0.2, 0.25) is 0 Å². The first-order valence-electron chi connectivity index (χ1n) is 10.8. The van der Waals surface area contributed by atoms with Crippen LogP contribution in [0.25, 0.3) is 0 Å². The van der Waals surface area contributed by atoms with E-state index in [0.29, 0.717) is 44.7 Å². The molecule has 2 rings (SSSR count). The molecular weight excluding hydrogens is 409 g/mol. The number of aryl methyl sites for hydroxylation is 1. The molecule has 0 radical (unpaired) electrons. The SMILES string of the molecule is CN=C(NCCC1CCN(CC(F)(F)F)CC1)NCc1ccc(C)cc1OCCOC. The van der Waals surface area contributed by atoms with E-state index in [9.17, 15) is 13.2 Å². The fourth-order valence-corrected chi connectivity index (χ4v) is 3.66. The first kappa shape index (κ1) is 25.3. The third-order valence-electron chi connectivity index (χ3n) is 5.39. The Kier molecular flexibility index (Phi) is 10.4. The molecular formula is C22H35F3N4O2. The van der Waals surface area contributed by atoms with Crippen molar-refractivity contribution in [3.8, 4) is 5.75 Å². The summed E-state index contributed by atoms with van der Waals surface area (Å²) in [5.74, 6) is 1.96. The lowest BCUT2D eigenvalue weighted by molar-refractivity contribution is -0.148. The van der Waals surface area contributed by atoms with Crippen molar-refractivity contribution in [3.63, 3.8) is 0 Å². The Bertz CT molecular complexity index is 690. The molecule has 1 fully saturated rings. The molecule has 0 spiro atoms. The molecule has 2 N–H and O–H groups in total. The summed E-state index contributed by atoms with van der Waals surface area (Å²) in [6, 6.07) is 6.09. The van der Waals surface area contributed by atoms with Gasteiger partial charge in [0.15, 0.2) is 5.96 Å². The van der Waals surface area contributed by atoms with Crippen LogP contribution in [-0.4, -0.2) is 70.6 Å². The van der Waals surface area contributed by atoms with Crippen LogP contribution in [0, 0.1) is 12.8 Å². The Morgan fingerprint density at radius 3 is 2.58 bits per heavy atom. The number of nitrogens with one attached hydrogen (secondary N) is 2. The number of piperidine rings is 1. The van der Waals surface area contributed by atoms with Crippen LogP contribution in [-0.2, 0) is 11.3 Å². The van der Waals surface area contributed by atoms with E-state index in [-0.39, 0.29) is 0 Å². The number of ether oxygens (including phenoxy) is 2. The molecule has 0 amide bonds. The minimum absolute atomic E-state index is 0.438. The smallest absolute Gasteiger partial charge is 0.401 e. The molecule has 0 bridgehead atoms. The van der Waals surface area contributed by atoms with Gasteiger partial charge in [-0.05, 0) is 56.8 Å². The molecule has 1 aromatic carbocycles. The number of hydrogen-bond acceptors (Lipinski definition) is 4. The second-order valence-corrected chi connectivity index (χ2v) is 7.93. The predicted octanol–water partition coefficient (Wildman–Crippen LogP) is 3.35. The van der Waals surface area contributed by atoms with Gasteiger partial charge in [0.25, 0.3) is 0 Å². The number of hydrogen-bond donors (Lipinski definition) is 2. The maximum Gasteiger partial charge on any atom is 0.401 e. The van der Waals surface area contributed by atoms with E-state index in [1.807, 2.05) is 25.1 Å². The van der Waals surface area contributed by atoms with Gasteiger partial charge >= 0.3 is 6.18 Å². The summed E-state index contributed by atoms with van der Waals surface area (Å²) in [4.78, 5) is 5.76. The van der Waals surface area contributed by atoms with E-state index in [4.69, 9.17) is 9.47 Å². The Morgan fingerprint density at radius 1 is 1.19 bits per heavy atom. The molecule has 0 unspecified atom stereocenters. The fourth-order valence-electron chi connectivity index (χ4n) is 3.66. The zero-order valence-electron chi connectivity index (χ0n) is 18.7. The predicted molar refractivity (Wildman–Crippen MR) is 117 cm³/mol. The summed E-state index contributed by atoms with van der Waals surface area (Å²) in [5, 5.41) is 6.60. The normalized spacial score (nSPS) is 16.4. The molecule has 0 saturated carbocycles. The Morgan fingerprint density at radius 2 is 1.94 bits per heavy atom. The van der Waals surface area contributed by atoms with Crippen LogP contribution >= 0.6 is 0 Å². The summed E-state index contributed by atoms with van der Waals surface area (Å²) < 4.78 is 48.4. The first-order valence-corrected chi connectivity index (χ1v) is 10.8. The molecule has 1 aromatic rings. The van der Waals surface area contributed by atoms with Crippen LogP contribution in [0.5, 0.6) is 5.75 Å². The zero-order valence-corrected chi connectivity index (χ0v) is 18.7. The quantitative estimate of drug-likeness (QED) is 0.329. The number of alkyl halides is 3. The zero-order chi connectivity index (χ0) is 22.7. The maximum atomic E-state index is 12.5. The Balaban J connectivity index is 1.73. The summed E-state index contributed by atoms with van der Waals surface area (Å²) in [5.41, 5.74) is 2.15. The Labute approximate surface area is 183 Å². The average molecular weight is 445 g/mol. The van der Waals surface area contributed by atoms with Gasteiger partial charge in [-0.3, -0.25) is 9.89 Å². The number of methoxy groups -OCH3 is 1. The molecule has 6 nitrogen and oxygen atoms in total. The molecule has 31 heavy (non-hydrogen) atoms. The van der Waals surface area contributed by atoms with Gasteiger partial charge in [-0.1, -0.05) is 12.1 Å². The molecule has 0 aromatic heterocycles. The molecule has 9 heteroatoms. The fraction of sp³-hybridized carbons (Fsp3) is 0.682. The van der Waals surface area contributed by atoms with Crippen molar-refractivity contribution >= 4 is 5.96 Å². The van der Waals surface area contributed by atoms with E-state index in [1.165, 1.54) is 4.90 Å². The van der Waals surface area contributed by atoms with Gasteiger partial charge in [0, 0.05) is 32.8 Å². The second kappa shape index (κ2) is 12.8. The number of rotatable bonds is 10. The van der Waals surface area contributed by atoms with Crippen LogP contribution in [0.4, 0.5) is 13.2 Å². The van der Waals surface area contributed by atoms with Crippen molar-refractivity contribution in [1.82, 2.24) is 15.5 Å². The highest BCUT2D eigenvalue weighted by Gasteiger charge is 2.32. The number of aliphatic imine (C=N–C) groups is 1. The minimum Gasteiger partial charge on any atom is -0.491 e. The van der Waals surface area contributed by atoms with Crippen molar-refractivity contribution in [2.75, 3.05) is 53.6 Å². The van der Waals surface area contributed by atoms with E-state index < -0.39 is 12.7 Å². The van der Waals surface area contributed by atoms with Crippen LogP contribution in [0.15, 0.2) is 23.2 Å². The molecule has 176 valence electrons. The largest absolute Gasteiger partial charge is 0.491 e. The van der Waals surface area contributed by atoms with Crippen molar-refractivity contribution in [1.29, 1.82) is 0 Å². The number of guanidine groups is 1. The lowest BCUT2D eigenvalue weighted by atomic mass is 9.93. The summed E-state index contributed by atoms with van der Waals surface area (Å²) >= 11 is 0. The standard InChI is InChI=1S/C22H35F3N4O2/c1-17-4-5-19(20(14-17)31-13-12-30-3)15-28-21(26-2)27-9-6-18-7-10-29(11-8-18)16-22(23,24)25/h4-5,14,18H,6-13,15-16H2,1-3H3,(H2,26,27,28). The highest BCUT2D eigenvalue weighted by atomic mass is 19.4. The van der Waals surface area contributed by atoms with E-state index >= 15 is 0 Å². The topological polar surface area (TPSA) is 58.1 Å². The van der Waals surface area contributed by atoms with Gasteiger partial charge < -0.3 is 20.1 Å². The molecule has 0 atom stereocenters. The lowest BCUT2D eigenvalue weighted by Gasteiger charge is -2.32. The summed E-state index contributed by atoms with van der Waals surface area (Å²) in [7, 11) is 3.36. The van der Waals surface area contributed by atoms with E-state index in [2.05, 4.69) is 15.6 Å². The van der Waals surface area contributed by atoms with Gasteiger partial charge in [0.1, 0.15) is 12.4 Å². The van der Waals surface area contributed by atoms with Crippen molar-refractivity contribution in [2.24, 2.45) is 10.9 Å². The minimum atomic E-state index is -4.11. The third-order valence-corrected chi connectivity index (χ3v) is 5.39. The first-order chi connectivity index (χ1) is 14.8. The van der Waals surface area contributed by atoms with Gasteiger partial charge in [-0.15, -0.1) is 0 Å². The van der Waals surface area contributed by atoms with Gasteiger partial charge in [-0.2, -0.15) is 13.2 Å². The van der Waals surface area contributed by atoms with Gasteiger partial charge in [-0.25, -0.2) is 0 Å². The molecule has 1 aliphatic heterocycles. The van der Waals surface area contributed by atoms with E-state index in [0.717, 1.165) is 42.7 Å². The third kappa shape index (κ3) is 9.78. The van der Waals surface area contributed by atoms with Crippen LogP contribution in [0.1, 0.15) is 30.4 Å². The highest BCUT2D eigenvalue weighted by molar-refractivity contribution is 5.79. The molecule has 1 aliphatic rings. The highest BCUT2D eigenvalue weighted by Crippen LogP contribution is 2.24. The number of nitrogens with zero attached hydrogens (tertiary/aromatic N) is 2.